The molecule has 2 aromatic rings. The van der Waals surface area contributed by atoms with Crippen LogP contribution in [0, 0.1) is 6.92 Å². The fourth-order valence-corrected chi connectivity index (χ4v) is 1.91. The minimum atomic E-state index is -0.265. The summed E-state index contributed by atoms with van der Waals surface area (Å²) >= 11 is 0. The molecule has 8 nitrogen and oxygen atoms in total. The van der Waals surface area contributed by atoms with E-state index in [2.05, 4.69) is 25.2 Å². The van der Waals surface area contributed by atoms with Gasteiger partial charge < -0.3 is 15.0 Å². The van der Waals surface area contributed by atoms with Gasteiger partial charge in [0.2, 0.25) is 5.56 Å². The normalized spacial score (nSPS) is 10.7. The molecular weight excluding hydrogens is 288 g/mol. The number of rotatable bonds is 6. The molecule has 1 amide bonds. The van der Waals surface area contributed by atoms with Crippen LogP contribution >= 0.6 is 0 Å². The summed E-state index contributed by atoms with van der Waals surface area (Å²) in [4.78, 5) is 26.2. The molecule has 22 heavy (non-hydrogen) atoms. The van der Waals surface area contributed by atoms with Gasteiger partial charge in [0.1, 0.15) is 12.3 Å². The zero-order valence-corrected chi connectivity index (χ0v) is 12.7. The first-order chi connectivity index (χ1) is 10.5. The summed E-state index contributed by atoms with van der Waals surface area (Å²) in [6.45, 7) is 6.06. The van der Waals surface area contributed by atoms with Crippen molar-refractivity contribution < 1.29 is 14.2 Å². The third-order valence-electron chi connectivity index (χ3n) is 3.01. The van der Waals surface area contributed by atoms with Gasteiger partial charge in [-0.25, -0.2) is 4.63 Å². The van der Waals surface area contributed by atoms with Crippen LogP contribution < -0.4 is 15.6 Å². The van der Waals surface area contributed by atoms with Crippen molar-refractivity contribution in [2.75, 3.05) is 13.2 Å². The van der Waals surface area contributed by atoms with E-state index in [0.29, 0.717) is 29.4 Å². The number of pyridine rings is 1. The molecule has 0 fully saturated rings. The zero-order valence-electron chi connectivity index (χ0n) is 12.7. The zero-order chi connectivity index (χ0) is 16.1. The number of nitrogens with one attached hydrogen (secondary N) is 2. The van der Waals surface area contributed by atoms with Crippen LogP contribution in [0.1, 0.15) is 41.5 Å². The molecule has 2 N–H and O–H groups in total. The van der Waals surface area contributed by atoms with Crippen molar-refractivity contribution in [3.05, 3.63) is 39.4 Å². The largest absolute Gasteiger partial charge is 0.472 e. The molecule has 2 heterocycles. The maximum atomic E-state index is 12.2. The Morgan fingerprint density at radius 1 is 1.41 bits per heavy atom. The van der Waals surface area contributed by atoms with E-state index >= 15 is 0 Å². The number of aromatic nitrogens is 3. The molecule has 2 rings (SSSR count). The topological polar surface area (TPSA) is 110 Å². The Bertz CT molecular complexity index is 705. The highest BCUT2D eigenvalue weighted by molar-refractivity contribution is 5.95. The van der Waals surface area contributed by atoms with Gasteiger partial charge in [-0.2, -0.15) is 0 Å². The second kappa shape index (κ2) is 6.88. The molecule has 8 heteroatoms. The Morgan fingerprint density at radius 2 is 2.18 bits per heavy atom. The van der Waals surface area contributed by atoms with Crippen molar-refractivity contribution in [2.24, 2.45) is 0 Å². The quantitative estimate of drug-likeness (QED) is 0.770. The van der Waals surface area contributed by atoms with Crippen molar-refractivity contribution in [3.63, 3.8) is 0 Å². The van der Waals surface area contributed by atoms with E-state index in [4.69, 9.17) is 4.74 Å². The van der Waals surface area contributed by atoms with E-state index in [9.17, 15) is 9.59 Å². The van der Waals surface area contributed by atoms with Gasteiger partial charge in [0.15, 0.2) is 0 Å². The fourth-order valence-electron chi connectivity index (χ4n) is 1.91. The van der Waals surface area contributed by atoms with Gasteiger partial charge in [-0.15, -0.1) is 0 Å². The molecule has 0 unspecified atom stereocenters. The highest BCUT2D eigenvalue weighted by Crippen LogP contribution is 2.15. The van der Waals surface area contributed by atoms with Crippen LogP contribution in [0.3, 0.4) is 0 Å². The van der Waals surface area contributed by atoms with E-state index in [0.717, 1.165) is 0 Å². The predicted molar refractivity (Wildman–Crippen MR) is 78.0 cm³/mol. The smallest absolute Gasteiger partial charge is 0.278 e. The molecule has 0 aliphatic carbocycles. The first kappa shape index (κ1) is 15.7. The van der Waals surface area contributed by atoms with Crippen LogP contribution in [0.4, 0.5) is 0 Å². The number of hydrogen-bond acceptors (Lipinski definition) is 6. The Morgan fingerprint density at radius 3 is 2.82 bits per heavy atom. The highest BCUT2D eigenvalue weighted by atomic mass is 16.6. The highest BCUT2D eigenvalue weighted by Gasteiger charge is 2.14. The molecule has 0 saturated heterocycles. The lowest BCUT2D eigenvalue weighted by Crippen LogP contribution is -2.30. The van der Waals surface area contributed by atoms with Gasteiger partial charge in [-0.1, -0.05) is 19.0 Å². The lowest BCUT2D eigenvalue weighted by Gasteiger charge is -2.12. The minimum Gasteiger partial charge on any atom is -0.472 e. The monoisotopic (exact) mass is 306 g/mol. The Hall–Kier alpha value is -2.64. The van der Waals surface area contributed by atoms with Crippen molar-refractivity contribution >= 4 is 5.91 Å². The number of H-pyrrole nitrogens is 1. The lowest BCUT2D eigenvalue weighted by molar-refractivity contribution is 0.0944. The van der Waals surface area contributed by atoms with Crippen LogP contribution in [0.25, 0.3) is 0 Å². The number of carbonyl (C=O) groups excluding carboxylic acids is 1. The third-order valence-corrected chi connectivity index (χ3v) is 3.01. The van der Waals surface area contributed by atoms with Crippen LogP contribution in [0.5, 0.6) is 5.88 Å². The third kappa shape index (κ3) is 3.72. The first-order valence-electron chi connectivity index (χ1n) is 6.92. The minimum absolute atomic E-state index is 0.0368. The molecule has 0 aromatic carbocycles. The molecule has 2 aromatic heterocycles. The summed E-state index contributed by atoms with van der Waals surface area (Å²) in [5, 5.41) is 9.89. The summed E-state index contributed by atoms with van der Waals surface area (Å²) in [5.41, 5.74) is 1.39. The predicted octanol–water partition coefficient (Wildman–Crippen LogP) is 0.999. The molecule has 0 aliphatic heterocycles. The van der Waals surface area contributed by atoms with E-state index in [-0.39, 0.29) is 24.0 Å². The average Bonchev–Trinajstić information content (AvgIpc) is 2.88. The standard InChI is InChI=1S/C14H18N4O4/c1-8(2)12-10(4-5-11(19)16-12)13(20)15-6-7-21-14-9(3)17-22-18-14/h4-5,8H,6-7H2,1-3H3,(H,15,20)(H,16,19). The average molecular weight is 306 g/mol. The lowest BCUT2D eigenvalue weighted by atomic mass is 10.0. The maximum Gasteiger partial charge on any atom is 0.278 e. The maximum absolute atomic E-state index is 12.2. The molecule has 0 saturated carbocycles. The van der Waals surface area contributed by atoms with E-state index in [1.165, 1.54) is 12.1 Å². The van der Waals surface area contributed by atoms with Gasteiger partial charge >= 0.3 is 0 Å². The summed E-state index contributed by atoms with van der Waals surface area (Å²) < 4.78 is 9.82. The van der Waals surface area contributed by atoms with Crippen LogP contribution in [0.2, 0.25) is 0 Å². The summed E-state index contributed by atoms with van der Waals surface area (Å²) in [6.07, 6.45) is 0. The van der Waals surface area contributed by atoms with Gasteiger partial charge in [0, 0.05) is 11.8 Å². The van der Waals surface area contributed by atoms with E-state index in [1.807, 2.05) is 13.8 Å². The molecule has 0 spiro atoms. The molecular formula is C14H18N4O4. The van der Waals surface area contributed by atoms with Crippen LogP contribution in [-0.2, 0) is 0 Å². The van der Waals surface area contributed by atoms with Crippen LogP contribution in [-0.4, -0.2) is 34.4 Å². The Balaban J connectivity index is 1.92. The number of aryl methyl sites for hydroxylation is 1. The molecule has 0 bridgehead atoms. The van der Waals surface area contributed by atoms with Crippen LogP contribution in [0.15, 0.2) is 21.6 Å². The second-order valence-electron chi connectivity index (χ2n) is 5.06. The number of aromatic amines is 1. The number of ether oxygens (including phenoxy) is 1. The summed E-state index contributed by atoms with van der Waals surface area (Å²) in [7, 11) is 0. The summed E-state index contributed by atoms with van der Waals surface area (Å²) in [5.74, 6) is 0.0782. The van der Waals surface area contributed by atoms with Gasteiger partial charge in [0.05, 0.1) is 12.1 Å². The number of nitrogens with zero attached hydrogens (tertiary/aromatic N) is 2. The van der Waals surface area contributed by atoms with Crippen molar-refractivity contribution in [2.45, 2.75) is 26.7 Å². The van der Waals surface area contributed by atoms with Crippen molar-refractivity contribution in [1.82, 2.24) is 20.6 Å². The Labute approximate surface area is 126 Å². The number of amides is 1. The molecule has 118 valence electrons. The first-order valence-corrected chi connectivity index (χ1v) is 6.92. The van der Waals surface area contributed by atoms with E-state index < -0.39 is 0 Å². The second-order valence-corrected chi connectivity index (χ2v) is 5.06. The molecule has 0 atom stereocenters. The summed E-state index contributed by atoms with van der Waals surface area (Å²) in [6, 6.07) is 2.86. The number of carbonyl (C=O) groups is 1. The van der Waals surface area contributed by atoms with E-state index in [1.54, 1.807) is 6.92 Å². The Kier molecular flexibility index (Phi) is 4.92. The van der Waals surface area contributed by atoms with Crippen molar-refractivity contribution in [3.8, 4) is 5.88 Å². The fraction of sp³-hybridized carbons (Fsp3) is 0.429. The van der Waals surface area contributed by atoms with Gasteiger partial charge in [-0.3, -0.25) is 9.59 Å². The van der Waals surface area contributed by atoms with Gasteiger partial charge in [-0.05, 0) is 24.1 Å². The van der Waals surface area contributed by atoms with Gasteiger partial charge in [0.25, 0.3) is 11.8 Å². The SMILES string of the molecule is Cc1nonc1OCCNC(=O)c1ccc(=O)[nH]c1C(C)C. The molecule has 0 radical (unpaired) electrons. The molecule has 0 aliphatic rings. The number of hydrogen-bond donors (Lipinski definition) is 2. The van der Waals surface area contributed by atoms with Crippen molar-refractivity contribution in [1.29, 1.82) is 0 Å².